The van der Waals surface area contributed by atoms with Crippen molar-refractivity contribution in [3.8, 4) is 0 Å². The molecular formula is C17H38NO3P. The van der Waals surface area contributed by atoms with E-state index in [4.69, 9.17) is 9.05 Å². The molecule has 1 N–H and O–H groups in total. The van der Waals surface area contributed by atoms with E-state index in [-0.39, 0.29) is 12.2 Å². The molecule has 22 heavy (non-hydrogen) atoms. The molecule has 0 spiro atoms. The van der Waals surface area contributed by atoms with Crippen LogP contribution in [0, 0.1) is 0 Å². The van der Waals surface area contributed by atoms with Crippen LogP contribution in [0.1, 0.15) is 87.0 Å². The molecule has 5 heteroatoms. The molecule has 134 valence electrons. The summed E-state index contributed by atoms with van der Waals surface area (Å²) >= 11 is 0. The minimum Gasteiger partial charge on any atom is -0.305 e. The molecule has 0 aromatic heterocycles. The second-order valence-electron chi connectivity index (χ2n) is 7.06. The summed E-state index contributed by atoms with van der Waals surface area (Å²) in [6, 6.07) is 0. The van der Waals surface area contributed by atoms with Gasteiger partial charge in [-0.1, -0.05) is 39.0 Å². The Balaban J connectivity index is 4.41. The van der Waals surface area contributed by atoms with Gasteiger partial charge in [0.25, 0.3) is 0 Å². The van der Waals surface area contributed by atoms with Crippen molar-refractivity contribution in [1.29, 1.82) is 0 Å². The predicted octanol–water partition coefficient (Wildman–Crippen LogP) is 5.72. The summed E-state index contributed by atoms with van der Waals surface area (Å²) in [5.41, 5.74) is 0. The van der Waals surface area contributed by atoms with Gasteiger partial charge in [0.1, 0.15) is 5.28 Å². The third kappa shape index (κ3) is 8.67. The van der Waals surface area contributed by atoms with Gasteiger partial charge in [0, 0.05) is 0 Å². The first-order valence-electron chi connectivity index (χ1n) is 8.86. The maximum absolute atomic E-state index is 13.2. The quantitative estimate of drug-likeness (QED) is 0.345. The van der Waals surface area contributed by atoms with Crippen LogP contribution in [-0.4, -0.2) is 24.0 Å². The zero-order valence-corrected chi connectivity index (χ0v) is 16.7. The molecule has 0 atom stereocenters. The summed E-state index contributed by atoms with van der Waals surface area (Å²) < 4.78 is 24.5. The Morgan fingerprint density at radius 2 is 1.36 bits per heavy atom. The monoisotopic (exact) mass is 335 g/mol. The van der Waals surface area contributed by atoms with Gasteiger partial charge in [-0.05, 0) is 54.5 Å². The van der Waals surface area contributed by atoms with Crippen LogP contribution in [0.4, 0.5) is 0 Å². The number of rotatable bonds is 13. The van der Waals surface area contributed by atoms with Crippen LogP contribution >= 0.6 is 7.60 Å². The molecule has 0 rings (SSSR count). The molecule has 0 radical (unpaired) electrons. The molecule has 0 bridgehead atoms. The van der Waals surface area contributed by atoms with Gasteiger partial charge in [0.2, 0.25) is 0 Å². The van der Waals surface area contributed by atoms with E-state index in [1.165, 1.54) is 32.1 Å². The van der Waals surface area contributed by atoms with Gasteiger partial charge in [-0.2, -0.15) is 0 Å². The maximum Gasteiger partial charge on any atom is 0.350 e. The standard InChI is InChI=1S/C17H38NO3P/c1-8-9-10-11-12-13-14-18-17(6,7)22(19,20-15(2)3)21-16(4)5/h15-16,18H,8-14H2,1-7H3. The lowest BCUT2D eigenvalue weighted by atomic mass is 10.1. The molecule has 0 aliphatic carbocycles. The van der Waals surface area contributed by atoms with Gasteiger partial charge in [-0.15, -0.1) is 0 Å². The lowest BCUT2D eigenvalue weighted by Crippen LogP contribution is -2.41. The Morgan fingerprint density at radius 3 is 1.82 bits per heavy atom. The van der Waals surface area contributed by atoms with E-state index >= 15 is 0 Å². The van der Waals surface area contributed by atoms with Crippen molar-refractivity contribution in [3.05, 3.63) is 0 Å². The van der Waals surface area contributed by atoms with Gasteiger partial charge >= 0.3 is 7.60 Å². The van der Waals surface area contributed by atoms with Crippen molar-refractivity contribution in [2.75, 3.05) is 6.54 Å². The molecule has 0 aliphatic rings. The van der Waals surface area contributed by atoms with E-state index in [1.54, 1.807) is 0 Å². The minimum absolute atomic E-state index is 0.125. The SMILES string of the molecule is CCCCCCCCNC(C)(C)P(=O)(OC(C)C)OC(C)C. The fourth-order valence-corrected chi connectivity index (χ4v) is 4.23. The van der Waals surface area contributed by atoms with Gasteiger partial charge in [-0.3, -0.25) is 4.57 Å². The van der Waals surface area contributed by atoms with Crippen molar-refractivity contribution in [3.63, 3.8) is 0 Å². The summed E-state index contributed by atoms with van der Waals surface area (Å²) in [7, 11) is -3.21. The van der Waals surface area contributed by atoms with Crippen LogP contribution in [0.25, 0.3) is 0 Å². The van der Waals surface area contributed by atoms with E-state index in [9.17, 15) is 4.57 Å². The van der Waals surface area contributed by atoms with Crippen molar-refractivity contribution < 1.29 is 13.6 Å². The van der Waals surface area contributed by atoms with E-state index in [1.807, 2.05) is 41.5 Å². The molecular weight excluding hydrogens is 297 g/mol. The van der Waals surface area contributed by atoms with Gasteiger partial charge in [0.15, 0.2) is 0 Å². The summed E-state index contributed by atoms with van der Waals surface area (Å²) in [5, 5.41) is 2.71. The summed E-state index contributed by atoms with van der Waals surface area (Å²) in [4.78, 5) is 0. The van der Waals surface area contributed by atoms with Crippen molar-refractivity contribution >= 4 is 7.60 Å². The van der Waals surface area contributed by atoms with Crippen molar-refractivity contribution in [1.82, 2.24) is 5.32 Å². The highest BCUT2D eigenvalue weighted by atomic mass is 31.2. The molecule has 0 saturated heterocycles. The minimum atomic E-state index is -3.21. The zero-order valence-electron chi connectivity index (χ0n) is 15.8. The Morgan fingerprint density at radius 1 is 0.909 bits per heavy atom. The van der Waals surface area contributed by atoms with Crippen molar-refractivity contribution in [2.45, 2.75) is 104 Å². The first-order chi connectivity index (χ1) is 10.1. The maximum atomic E-state index is 13.2. The molecule has 0 aromatic rings. The fraction of sp³-hybridized carbons (Fsp3) is 1.00. The Bertz CT molecular complexity index is 316. The number of nitrogens with one attached hydrogen (secondary N) is 1. The highest BCUT2D eigenvalue weighted by Crippen LogP contribution is 2.60. The Hall–Kier alpha value is 0.110. The fourth-order valence-electron chi connectivity index (χ4n) is 2.24. The number of unbranched alkanes of at least 4 members (excludes halogenated alkanes) is 5. The van der Waals surface area contributed by atoms with Crippen LogP contribution in [0.5, 0.6) is 0 Å². The third-order valence-electron chi connectivity index (χ3n) is 3.47. The molecule has 0 fully saturated rings. The van der Waals surface area contributed by atoms with Crippen LogP contribution in [-0.2, 0) is 13.6 Å². The highest BCUT2D eigenvalue weighted by Gasteiger charge is 2.44. The molecule has 0 heterocycles. The summed E-state index contributed by atoms with van der Waals surface area (Å²) in [6.45, 7) is 14.4. The predicted molar refractivity (Wildman–Crippen MR) is 95.5 cm³/mol. The first-order valence-corrected chi connectivity index (χ1v) is 10.4. The molecule has 0 aromatic carbocycles. The first kappa shape index (κ1) is 22.1. The van der Waals surface area contributed by atoms with E-state index in [0.29, 0.717) is 0 Å². The molecule has 0 unspecified atom stereocenters. The molecule has 0 aliphatic heterocycles. The topological polar surface area (TPSA) is 47.6 Å². The Labute approximate surface area is 138 Å². The highest BCUT2D eigenvalue weighted by molar-refractivity contribution is 7.55. The van der Waals surface area contributed by atoms with Gasteiger partial charge < -0.3 is 14.4 Å². The van der Waals surface area contributed by atoms with E-state index < -0.39 is 12.9 Å². The summed E-state index contributed by atoms with van der Waals surface area (Å²) in [6.07, 6.45) is 7.23. The number of hydrogen-bond acceptors (Lipinski definition) is 4. The van der Waals surface area contributed by atoms with Crippen LogP contribution < -0.4 is 5.32 Å². The lowest BCUT2D eigenvalue weighted by Gasteiger charge is -2.36. The smallest absolute Gasteiger partial charge is 0.305 e. The lowest BCUT2D eigenvalue weighted by molar-refractivity contribution is 0.124. The van der Waals surface area contributed by atoms with Crippen LogP contribution in [0.2, 0.25) is 0 Å². The number of hydrogen-bond donors (Lipinski definition) is 1. The second kappa shape index (κ2) is 10.8. The average Bonchev–Trinajstić information content (AvgIpc) is 2.35. The van der Waals surface area contributed by atoms with Crippen LogP contribution in [0.3, 0.4) is 0 Å². The third-order valence-corrected chi connectivity index (χ3v) is 6.40. The molecule has 4 nitrogen and oxygen atoms in total. The largest absolute Gasteiger partial charge is 0.350 e. The van der Waals surface area contributed by atoms with Crippen molar-refractivity contribution in [2.24, 2.45) is 0 Å². The molecule has 0 amide bonds. The van der Waals surface area contributed by atoms with Crippen LogP contribution in [0.15, 0.2) is 0 Å². The average molecular weight is 335 g/mol. The van der Waals surface area contributed by atoms with E-state index in [0.717, 1.165) is 13.0 Å². The van der Waals surface area contributed by atoms with Gasteiger partial charge in [-0.25, -0.2) is 0 Å². The Kier molecular flexibility index (Phi) is 10.9. The van der Waals surface area contributed by atoms with Gasteiger partial charge in [0.05, 0.1) is 12.2 Å². The van der Waals surface area contributed by atoms with E-state index in [2.05, 4.69) is 12.2 Å². The summed E-state index contributed by atoms with van der Waals surface area (Å²) in [5.74, 6) is 0. The zero-order chi connectivity index (χ0) is 17.2. The normalized spacial score (nSPS) is 13.3. The molecule has 0 saturated carbocycles. The second-order valence-corrected chi connectivity index (χ2v) is 9.59.